The largest absolute Gasteiger partial charge is 0.508 e. The number of aliphatic hydroxyl groups excluding tert-OH is 1. The molecular formula is C22H22ClNO3. The first-order chi connectivity index (χ1) is 13.1. The van der Waals surface area contributed by atoms with Crippen molar-refractivity contribution in [1.82, 2.24) is 4.98 Å². The SMILES string of the molecule is C=C(CO)C1=CCOC1CC/C(=C/c1ccc(O)cc1Cl)c1ccccn1. The molecule has 5 heteroatoms. The van der Waals surface area contributed by atoms with Crippen molar-refractivity contribution in [3.63, 3.8) is 0 Å². The van der Waals surface area contributed by atoms with Gasteiger partial charge in [0.05, 0.1) is 30.0 Å². The van der Waals surface area contributed by atoms with Crippen LogP contribution in [0.5, 0.6) is 5.75 Å². The second-order valence-electron chi connectivity index (χ2n) is 6.37. The van der Waals surface area contributed by atoms with E-state index in [4.69, 9.17) is 16.3 Å². The van der Waals surface area contributed by atoms with Gasteiger partial charge >= 0.3 is 0 Å². The van der Waals surface area contributed by atoms with E-state index in [1.165, 1.54) is 6.07 Å². The molecule has 0 saturated heterocycles. The van der Waals surface area contributed by atoms with E-state index < -0.39 is 0 Å². The monoisotopic (exact) mass is 383 g/mol. The number of nitrogens with zero attached hydrogens (tertiary/aromatic N) is 1. The van der Waals surface area contributed by atoms with Gasteiger partial charge in [-0.3, -0.25) is 4.98 Å². The Morgan fingerprint density at radius 2 is 2.19 bits per heavy atom. The summed E-state index contributed by atoms with van der Waals surface area (Å²) in [5.74, 6) is 0.133. The number of aromatic hydroxyl groups is 1. The Kier molecular flexibility index (Phi) is 6.45. The van der Waals surface area contributed by atoms with Crippen LogP contribution in [0.2, 0.25) is 5.02 Å². The highest BCUT2D eigenvalue weighted by molar-refractivity contribution is 6.32. The topological polar surface area (TPSA) is 62.6 Å². The number of rotatable bonds is 7. The van der Waals surface area contributed by atoms with Crippen LogP contribution in [0.3, 0.4) is 0 Å². The van der Waals surface area contributed by atoms with Crippen LogP contribution in [0.1, 0.15) is 24.1 Å². The van der Waals surface area contributed by atoms with Gasteiger partial charge in [0.15, 0.2) is 0 Å². The van der Waals surface area contributed by atoms with Crippen molar-refractivity contribution in [2.24, 2.45) is 0 Å². The Morgan fingerprint density at radius 3 is 2.89 bits per heavy atom. The third kappa shape index (κ3) is 4.86. The van der Waals surface area contributed by atoms with Crippen LogP contribution in [-0.4, -0.2) is 34.5 Å². The first-order valence-corrected chi connectivity index (χ1v) is 9.17. The number of phenolic OH excluding ortho intramolecular Hbond substituents is 1. The number of hydrogen-bond acceptors (Lipinski definition) is 4. The maximum Gasteiger partial charge on any atom is 0.117 e. The minimum absolute atomic E-state index is 0.0717. The third-order valence-electron chi connectivity index (χ3n) is 4.53. The van der Waals surface area contributed by atoms with E-state index in [-0.39, 0.29) is 18.5 Å². The molecule has 3 rings (SSSR count). The molecule has 1 aliphatic heterocycles. The molecule has 1 aliphatic rings. The zero-order valence-corrected chi connectivity index (χ0v) is 15.7. The summed E-state index contributed by atoms with van der Waals surface area (Å²) in [5.41, 5.74) is 4.37. The lowest BCUT2D eigenvalue weighted by Crippen LogP contribution is -2.13. The van der Waals surface area contributed by atoms with Crippen molar-refractivity contribution >= 4 is 23.3 Å². The Labute approximate surface area is 164 Å². The molecule has 0 bridgehead atoms. The second kappa shape index (κ2) is 9.00. The van der Waals surface area contributed by atoms with Crippen molar-refractivity contribution in [1.29, 1.82) is 0 Å². The van der Waals surface area contributed by atoms with Crippen LogP contribution in [0, 0.1) is 0 Å². The molecule has 0 aliphatic carbocycles. The van der Waals surface area contributed by atoms with E-state index in [9.17, 15) is 10.2 Å². The molecule has 2 aromatic rings. The number of hydrogen-bond donors (Lipinski definition) is 2. The lowest BCUT2D eigenvalue weighted by atomic mass is 9.95. The van der Waals surface area contributed by atoms with E-state index >= 15 is 0 Å². The molecule has 2 heterocycles. The average molecular weight is 384 g/mol. The van der Waals surface area contributed by atoms with Crippen LogP contribution in [0.4, 0.5) is 0 Å². The van der Waals surface area contributed by atoms with E-state index in [1.54, 1.807) is 18.3 Å². The van der Waals surface area contributed by atoms with Gasteiger partial charge in [-0.05, 0) is 71.5 Å². The van der Waals surface area contributed by atoms with Crippen LogP contribution >= 0.6 is 11.6 Å². The fourth-order valence-corrected chi connectivity index (χ4v) is 3.34. The minimum atomic E-state index is -0.0907. The molecule has 0 radical (unpaired) electrons. The Bertz CT molecular complexity index is 874. The first kappa shape index (κ1) is 19.4. The number of ether oxygens (including phenoxy) is 1. The van der Waals surface area contributed by atoms with Crippen LogP contribution in [0.25, 0.3) is 11.6 Å². The van der Waals surface area contributed by atoms with Gasteiger partial charge < -0.3 is 14.9 Å². The zero-order chi connectivity index (χ0) is 19.2. The van der Waals surface area contributed by atoms with E-state index in [2.05, 4.69) is 11.6 Å². The molecule has 4 nitrogen and oxygen atoms in total. The highest BCUT2D eigenvalue weighted by atomic mass is 35.5. The molecule has 27 heavy (non-hydrogen) atoms. The van der Waals surface area contributed by atoms with E-state index in [0.717, 1.165) is 35.2 Å². The first-order valence-electron chi connectivity index (χ1n) is 8.79. The van der Waals surface area contributed by atoms with Crippen LogP contribution in [-0.2, 0) is 4.74 Å². The zero-order valence-electron chi connectivity index (χ0n) is 14.9. The maximum atomic E-state index is 9.57. The number of benzene rings is 1. The fraction of sp³-hybridized carbons (Fsp3) is 0.227. The Hall–Kier alpha value is -2.40. The minimum Gasteiger partial charge on any atom is -0.508 e. The summed E-state index contributed by atoms with van der Waals surface area (Å²) in [5, 5.41) is 19.4. The lowest BCUT2D eigenvalue weighted by Gasteiger charge is -2.17. The number of aliphatic hydroxyl groups is 1. The van der Waals surface area contributed by atoms with Crippen molar-refractivity contribution in [3.05, 3.63) is 82.7 Å². The number of halogens is 1. The van der Waals surface area contributed by atoms with Gasteiger partial charge in [0.2, 0.25) is 0 Å². The molecule has 0 fully saturated rings. The number of pyridine rings is 1. The molecule has 1 atom stereocenters. The van der Waals surface area contributed by atoms with Crippen LogP contribution in [0.15, 0.2) is 66.4 Å². The van der Waals surface area contributed by atoms with Gasteiger partial charge in [-0.1, -0.05) is 30.3 Å². The molecular weight excluding hydrogens is 362 g/mol. The number of aromatic nitrogens is 1. The van der Waals surface area contributed by atoms with Crippen molar-refractivity contribution in [3.8, 4) is 5.75 Å². The lowest BCUT2D eigenvalue weighted by molar-refractivity contribution is 0.116. The summed E-state index contributed by atoms with van der Waals surface area (Å²) >= 11 is 6.27. The highest BCUT2D eigenvalue weighted by Gasteiger charge is 2.22. The Morgan fingerprint density at radius 1 is 1.33 bits per heavy atom. The highest BCUT2D eigenvalue weighted by Crippen LogP contribution is 2.31. The molecule has 1 unspecified atom stereocenters. The van der Waals surface area contributed by atoms with Gasteiger partial charge in [-0.25, -0.2) is 0 Å². The van der Waals surface area contributed by atoms with E-state index in [0.29, 0.717) is 17.2 Å². The van der Waals surface area contributed by atoms with Crippen molar-refractivity contribution in [2.75, 3.05) is 13.2 Å². The molecule has 1 aromatic carbocycles. The molecule has 0 amide bonds. The summed E-state index contributed by atoms with van der Waals surface area (Å²) in [4.78, 5) is 4.46. The second-order valence-corrected chi connectivity index (χ2v) is 6.78. The Balaban J connectivity index is 1.84. The predicted octanol–water partition coefficient (Wildman–Crippen LogP) is 4.64. The molecule has 2 N–H and O–H groups in total. The van der Waals surface area contributed by atoms with Crippen molar-refractivity contribution in [2.45, 2.75) is 18.9 Å². The number of allylic oxidation sites excluding steroid dienone is 1. The maximum absolute atomic E-state index is 9.57. The molecule has 0 spiro atoms. The average Bonchev–Trinajstić information content (AvgIpc) is 3.15. The van der Waals surface area contributed by atoms with Crippen LogP contribution < -0.4 is 0 Å². The van der Waals surface area contributed by atoms with Gasteiger partial charge in [-0.2, -0.15) is 0 Å². The van der Waals surface area contributed by atoms with E-state index in [1.807, 2.05) is 30.4 Å². The quantitative estimate of drug-likeness (QED) is 0.731. The summed E-state index contributed by atoms with van der Waals surface area (Å²) in [6, 6.07) is 10.7. The summed E-state index contributed by atoms with van der Waals surface area (Å²) in [6.07, 6.45) is 7.09. The normalized spacial score (nSPS) is 17.0. The van der Waals surface area contributed by atoms with Gasteiger partial charge in [0.25, 0.3) is 0 Å². The van der Waals surface area contributed by atoms with Gasteiger partial charge in [-0.15, -0.1) is 0 Å². The third-order valence-corrected chi connectivity index (χ3v) is 4.86. The standard InChI is InChI=1S/C22H22ClNO3/c1-15(14-25)19-9-11-27-22(19)8-6-17(21-4-2-3-10-24-21)12-16-5-7-18(26)13-20(16)23/h2-5,7,9-10,12-13,22,25-26H,1,6,8,11,14H2/b17-12-. The smallest absolute Gasteiger partial charge is 0.117 e. The molecule has 140 valence electrons. The molecule has 1 aromatic heterocycles. The van der Waals surface area contributed by atoms with Gasteiger partial charge in [0.1, 0.15) is 5.75 Å². The summed E-state index contributed by atoms with van der Waals surface area (Å²) in [7, 11) is 0. The summed E-state index contributed by atoms with van der Waals surface area (Å²) < 4.78 is 5.79. The van der Waals surface area contributed by atoms with Gasteiger partial charge in [0, 0.05) is 6.20 Å². The van der Waals surface area contributed by atoms with Crippen molar-refractivity contribution < 1.29 is 14.9 Å². The number of phenols is 1. The molecule has 0 saturated carbocycles. The fourth-order valence-electron chi connectivity index (χ4n) is 3.11. The predicted molar refractivity (Wildman–Crippen MR) is 109 cm³/mol. The summed E-state index contributed by atoms with van der Waals surface area (Å²) in [6.45, 7) is 4.37.